The fourth-order valence-corrected chi connectivity index (χ4v) is 2.32. The van der Waals surface area contributed by atoms with Crippen molar-refractivity contribution in [3.05, 3.63) is 0 Å². The molecule has 4 nitrogen and oxygen atoms in total. The first kappa shape index (κ1) is 15.8. The predicted molar refractivity (Wildman–Crippen MR) is 63.3 cm³/mol. The lowest BCUT2D eigenvalue weighted by Gasteiger charge is -2.33. The van der Waals surface area contributed by atoms with Gasteiger partial charge in [0.2, 0.25) is 11.8 Å². The molecule has 1 aliphatic rings. The van der Waals surface area contributed by atoms with Crippen LogP contribution in [0.3, 0.4) is 0 Å². The van der Waals surface area contributed by atoms with E-state index in [1.54, 1.807) is 13.8 Å². The highest BCUT2D eigenvalue weighted by atomic mass is 19.4. The standard InChI is InChI=1S/C12H19F3N2O2/c1-3-9(4-2)17(7-12(13,14)15)11(19)8-5-10(18)16-6-8/h8-9H,3-7H2,1-2H3,(H,16,18). The molecule has 0 aromatic carbocycles. The van der Waals surface area contributed by atoms with Crippen molar-refractivity contribution < 1.29 is 22.8 Å². The number of carbonyl (C=O) groups is 2. The number of hydrogen-bond acceptors (Lipinski definition) is 2. The summed E-state index contributed by atoms with van der Waals surface area (Å²) in [5.74, 6) is -1.53. The van der Waals surface area contributed by atoms with E-state index in [4.69, 9.17) is 0 Å². The predicted octanol–water partition coefficient (Wildman–Crippen LogP) is 1.70. The molecule has 1 heterocycles. The third-order valence-corrected chi connectivity index (χ3v) is 3.34. The zero-order valence-electron chi connectivity index (χ0n) is 11.1. The third-order valence-electron chi connectivity index (χ3n) is 3.34. The van der Waals surface area contributed by atoms with Gasteiger partial charge in [0.05, 0.1) is 5.92 Å². The van der Waals surface area contributed by atoms with Gasteiger partial charge >= 0.3 is 6.18 Å². The van der Waals surface area contributed by atoms with E-state index in [1.807, 2.05) is 0 Å². The Labute approximate surface area is 110 Å². The summed E-state index contributed by atoms with van der Waals surface area (Å²) in [5, 5.41) is 2.48. The van der Waals surface area contributed by atoms with Crippen LogP contribution >= 0.6 is 0 Å². The zero-order chi connectivity index (χ0) is 14.6. The summed E-state index contributed by atoms with van der Waals surface area (Å²) in [6.07, 6.45) is -3.51. The van der Waals surface area contributed by atoms with Gasteiger partial charge in [0.25, 0.3) is 0 Å². The summed E-state index contributed by atoms with van der Waals surface area (Å²) in [6.45, 7) is 2.39. The lowest BCUT2D eigenvalue weighted by Crippen LogP contribution is -2.48. The van der Waals surface area contributed by atoms with E-state index in [1.165, 1.54) is 0 Å². The topological polar surface area (TPSA) is 49.4 Å². The number of rotatable bonds is 5. The first-order valence-electron chi connectivity index (χ1n) is 6.42. The molecule has 0 aromatic heterocycles. The van der Waals surface area contributed by atoms with Gasteiger partial charge in [0.1, 0.15) is 6.54 Å². The number of amides is 2. The number of carbonyl (C=O) groups excluding carboxylic acids is 2. The molecule has 0 bridgehead atoms. The molecule has 110 valence electrons. The largest absolute Gasteiger partial charge is 0.406 e. The maximum Gasteiger partial charge on any atom is 0.406 e. The van der Waals surface area contributed by atoms with Gasteiger partial charge in [-0.25, -0.2) is 0 Å². The molecule has 1 saturated heterocycles. The molecule has 19 heavy (non-hydrogen) atoms. The molecular weight excluding hydrogens is 261 g/mol. The van der Waals surface area contributed by atoms with Crippen molar-refractivity contribution >= 4 is 11.8 Å². The van der Waals surface area contributed by atoms with Gasteiger partial charge < -0.3 is 10.2 Å². The van der Waals surface area contributed by atoms with Crippen LogP contribution in [-0.4, -0.2) is 42.0 Å². The SMILES string of the molecule is CCC(CC)N(CC(F)(F)F)C(=O)C1CNC(=O)C1. The molecule has 1 aliphatic heterocycles. The molecule has 0 radical (unpaired) electrons. The van der Waals surface area contributed by atoms with Crippen molar-refractivity contribution in [1.29, 1.82) is 0 Å². The van der Waals surface area contributed by atoms with Crippen LogP contribution in [0.4, 0.5) is 13.2 Å². The molecule has 1 unspecified atom stereocenters. The number of nitrogens with one attached hydrogen (secondary N) is 1. The molecule has 0 spiro atoms. The summed E-state index contributed by atoms with van der Waals surface area (Å²) >= 11 is 0. The average Bonchev–Trinajstić information content (AvgIpc) is 2.73. The zero-order valence-corrected chi connectivity index (χ0v) is 11.1. The van der Waals surface area contributed by atoms with Crippen molar-refractivity contribution in [2.24, 2.45) is 5.92 Å². The van der Waals surface area contributed by atoms with Crippen molar-refractivity contribution in [2.45, 2.75) is 45.3 Å². The van der Waals surface area contributed by atoms with Crippen LogP contribution in [-0.2, 0) is 9.59 Å². The summed E-state index contributed by atoms with van der Waals surface area (Å²) in [5.41, 5.74) is 0. The molecule has 0 aromatic rings. The fraction of sp³-hybridized carbons (Fsp3) is 0.833. The summed E-state index contributed by atoms with van der Waals surface area (Å²) in [6, 6.07) is -0.440. The van der Waals surface area contributed by atoms with Crippen LogP contribution in [0.5, 0.6) is 0 Å². The van der Waals surface area contributed by atoms with Gasteiger partial charge in [0, 0.05) is 19.0 Å². The van der Waals surface area contributed by atoms with Gasteiger partial charge in [-0.15, -0.1) is 0 Å². The highest BCUT2D eigenvalue weighted by Gasteiger charge is 2.39. The molecule has 0 saturated carbocycles. The van der Waals surface area contributed by atoms with E-state index in [2.05, 4.69) is 5.32 Å². The highest BCUT2D eigenvalue weighted by molar-refractivity contribution is 5.89. The first-order valence-corrected chi connectivity index (χ1v) is 6.42. The molecule has 1 rings (SSSR count). The molecule has 7 heteroatoms. The Bertz CT molecular complexity index is 340. The second kappa shape index (κ2) is 6.25. The fourth-order valence-electron chi connectivity index (χ4n) is 2.32. The van der Waals surface area contributed by atoms with Gasteiger partial charge in [-0.1, -0.05) is 13.8 Å². The van der Waals surface area contributed by atoms with Gasteiger partial charge in [-0.2, -0.15) is 13.2 Å². The Balaban J connectivity index is 2.82. The lowest BCUT2D eigenvalue weighted by atomic mass is 10.0. The van der Waals surface area contributed by atoms with E-state index in [-0.39, 0.29) is 18.9 Å². The molecule has 1 N–H and O–H groups in total. The van der Waals surface area contributed by atoms with Crippen LogP contribution in [0.2, 0.25) is 0 Å². The van der Waals surface area contributed by atoms with Crippen LogP contribution < -0.4 is 5.32 Å². The Morgan fingerprint density at radius 3 is 2.37 bits per heavy atom. The minimum Gasteiger partial charge on any atom is -0.355 e. The minimum absolute atomic E-state index is 0.0205. The quantitative estimate of drug-likeness (QED) is 0.833. The number of nitrogens with zero attached hydrogens (tertiary/aromatic N) is 1. The van der Waals surface area contributed by atoms with Gasteiger partial charge in [0.15, 0.2) is 0 Å². The Morgan fingerprint density at radius 1 is 1.42 bits per heavy atom. The van der Waals surface area contributed by atoms with Gasteiger partial charge in [-0.05, 0) is 12.8 Å². The minimum atomic E-state index is -4.42. The maximum absolute atomic E-state index is 12.6. The number of hydrogen-bond donors (Lipinski definition) is 1. The van der Waals surface area contributed by atoms with Crippen LogP contribution in [0, 0.1) is 5.92 Å². The highest BCUT2D eigenvalue weighted by Crippen LogP contribution is 2.23. The van der Waals surface area contributed by atoms with E-state index in [0.29, 0.717) is 12.8 Å². The normalized spacial score (nSPS) is 19.7. The summed E-state index contributed by atoms with van der Waals surface area (Å²) < 4.78 is 37.8. The number of alkyl halides is 3. The van der Waals surface area contributed by atoms with E-state index in [9.17, 15) is 22.8 Å². The first-order chi connectivity index (χ1) is 8.78. The van der Waals surface area contributed by atoms with Crippen LogP contribution in [0.25, 0.3) is 0 Å². The third kappa shape index (κ3) is 4.40. The summed E-state index contributed by atoms with van der Waals surface area (Å²) in [4.78, 5) is 24.1. The van der Waals surface area contributed by atoms with Crippen LogP contribution in [0.1, 0.15) is 33.1 Å². The summed E-state index contributed by atoms with van der Waals surface area (Å²) in [7, 11) is 0. The van der Waals surface area contributed by atoms with Crippen LogP contribution in [0.15, 0.2) is 0 Å². The van der Waals surface area contributed by atoms with E-state index < -0.39 is 30.6 Å². The Hall–Kier alpha value is -1.27. The second-order valence-corrected chi connectivity index (χ2v) is 4.76. The molecular formula is C12H19F3N2O2. The van der Waals surface area contributed by atoms with Crippen molar-refractivity contribution in [1.82, 2.24) is 10.2 Å². The van der Waals surface area contributed by atoms with E-state index >= 15 is 0 Å². The average molecular weight is 280 g/mol. The molecule has 2 amide bonds. The maximum atomic E-state index is 12.6. The van der Waals surface area contributed by atoms with Crippen molar-refractivity contribution in [2.75, 3.05) is 13.1 Å². The van der Waals surface area contributed by atoms with Crippen molar-refractivity contribution in [3.63, 3.8) is 0 Å². The van der Waals surface area contributed by atoms with Crippen molar-refractivity contribution in [3.8, 4) is 0 Å². The molecule has 1 fully saturated rings. The monoisotopic (exact) mass is 280 g/mol. The molecule has 0 aliphatic carbocycles. The Kier molecular flexibility index (Phi) is 5.20. The Morgan fingerprint density at radius 2 is 2.00 bits per heavy atom. The lowest BCUT2D eigenvalue weighted by molar-refractivity contribution is -0.168. The number of halogens is 3. The van der Waals surface area contributed by atoms with Gasteiger partial charge in [-0.3, -0.25) is 9.59 Å². The smallest absolute Gasteiger partial charge is 0.355 e. The molecule has 1 atom stereocenters. The second-order valence-electron chi connectivity index (χ2n) is 4.76. The van der Waals surface area contributed by atoms with E-state index in [0.717, 1.165) is 4.90 Å².